The highest BCUT2D eigenvalue weighted by atomic mass is 35.5. The van der Waals surface area contributed by atoms with E-state index in [2.05, 4.69) is 15.1 Å². The van der Waals surface area contributed by atoms with Crippen molar-refractivity contribution < 1.29 is 9.53 Å². The van der Waals surface area contributed by atoms with Crippen LogP contribution < -0.4 is 5.32 Å². The highest BCUT2D eigenvalue weighted by Crippen LogP contribution is 2.20. The molecule has 0 aromatic rings. The van der Waals surface area contributed by atoms with Crippen LogP contribution in [0.15, 0.2) is 0 Å². The molecule has 0 aromatic carbocycles. The molecule has 116 valence electrons. The number of amides is 1. The van der Waals surface area contributed by atoms with Crippen molar-refractivity contribution in [3.8, 4) is 0 Å². The summed E-state index contributed by atoms with van der Waals surface area (Å²) in [7, 11) is 0. The van der Waals surface area contributed by atoms with Crippen LogP contribution >= 0.6 is 12.4 Å². The maximum Gasteiger partial charge on any atom is 0.228 e. The highest BCUT2D eigenvalue weighted by molar-refractivity contribution is 5.85. The Morgan fingerprint density at radius 1 is 1.20 bits per heavy atom. The van der Waals surface area contributed by atoms with Crippen LogP contribution in [0.1, 0.15) is 12.8 Å². The molecule has 1 unspecified atom stereocenters. The van der Waals surface area contributed by atoms with Gasteiger partial charge in [-0.05, 0) is 18.8 Å². The van der Waals surface area contributed by atoms with Gasteiger partial charge >= 0.3 is 0 Å². The molecule has 0 aromatic heterocycles. The first-order valence-electron chi connectivity index (χ1n) is 7.62. The van der Waals surface area contributed by atoms with E-state index < -0.39 is 0 Å². The van der Waals surface area contributed by atoms with E-state index in [9.17, 15) is 4.79 Å². The second kappa shape index (κ2) is 7.59. The average molecular weight is 304 g/mol. The van der Waals surface area contributed by atoms with Gasteiger partial charge in [0.15, 0.2) is 0 Å². The topological polar surface area (TPSA) is 44.8 Å². The van der Waals surface area contributed by atoms with Gasteiger partial charge in [0.2, 0.25) is 5.91 Å². The third-order valence-electron chi connectivity index (χ3n) is 4.58. The maximum atomic E-state index is 12.3. The van der Waals surface area contributed by atoms with Crippen LogP contribution in [0.5, 0.6) is 0 Å². The van der Waals surface area contributed by atoms with E-state index >= 15 is 0 Å². The molecule has 3 heterocycles. The normalized spacial score (nSPS) is 28.6. The van der Waals surface area contributed by atoms with Gasteiger partial charge in [0.05, 0.1) is 19.1 Å². The molecule has 1 amide bonds. The van der Waals surface area contributed by atoms with Crippen LogP contribution in [0.3, 0.4) is 0 Å². The van der Waals surface area contributed by atoms with Crippen molar-refractivity contribution in [2.24, 2.45) is 11.8 Å². The summed E-state index contributed by atoms with van der Waals surface area (Å²) in [5, 5.41) is 3.19. The Bertz CT molecular complexity index is 320. The molecule has 3 rings (SSSR count). The first-order valence-corrected chi connectivity index (χ1v) is 7.62. The Morgan fingerprint density at radius 3 is 2.60 bits per heavy atom. The summed E-state index contributed by atoms with van der Waals surface area (Å²) in [6, 6.07) is 0. The second-order valence-electron chi connectivity index (χ2n) is 6.06. The van der Waals surface area contributed by atoms with Crippen molar-refractivity contribution in [1.29, 1.82) is 0 Å². The van der Waals surface area contributed by atoms with Crippen LogP contribution in [-0.4, -0.2) is 74.7 Å². The van der Waals surface area contributed by atoms with Crippen molar-refractivity contribution >= 4 is 18.3 Å². The molecule has 0 aliphatic carbocycles. The van der Waals surface area contributed by atoms with E-state index in [4.69, 9.17) is 4.74 Å². The maximum absolute atomic E-state index is 12.3. The largest absolute Gasteiger partial charge is 0.379 e. The smallest absolute Gasteiger partial charge is 0.228 e. The van der Waals surface area contributed by atoms with E-state index in [-0.39, 0.29) is 18.3 Å². The molecule has 1 N–H and O–H groups in total. The molecule has 3 fully saturated rings. The van der Waals surface area contributed by atoms with Gasteiger partial charge in [-0.1, -0.05) is 0 Å². The molecule has 0 radical (unpaired) electrons. The zero-order valence-electron chi connectivity index (χ0n) is 12.1. The van der Waals surface area contributed by atoms with Crippen LogP contribution in [0.4, 0.5) is 0 Å². The number of hydrogen-bond acceptors (Lipinski definition) is 4. The average Bonchev–Trinajstić information content (AvgIpc) is 2.38. The van der Waals surface area contributed by atoms with Gasteiger partial charge in [0.1, 0.15) is 0 Å². The monoisotopic (exact) mass is 303 g/mol. The highest BCUT2D eigenvalue weighted by Gasteiger charge is 2.32. The molecule has 3 aliphatic rings. The zero-order chi connectivity index (χ0) is 13.1. The molecular weight excluding hydrogens is 278 g/mol. The molecule has 1 atom stereocenters. The Labute approximate surface area is 127 Å². The minimum Gasteiger partial charge on any atom is -0.379 e. The van der Waals surface area contributed by atoms with Crippen LogP contribution in [0.25, 0.3) is 0 Å². The lowest BCUT2D eigenvalue weighted by atomic mass is 9.94. The number of nitrogens with one attached hydrogen (secondary N) is 1. The lowest BCUT2D eigenvalue weighted by Crippen LogP contribution is -2.54. The molecule has 20 heavy (non-hydrogen) atoms. The van der Waals surface area contributed by atoms with Crippen molar-refractivity contribution in [2.75, 3.05) is 59.0 Å². The van der Waals surface area contributed by atoms with E-state index in [0.717, 1.165) is 59.0 Å². The van der Waals surface area contributed by atoms with E-state index in [0.29, 0.717) is 11.8 Å². The summed E-state index contributed by atoms with van der Waals surface area (Å²) < 4.78 is 5.39. The van der Waals surface area contributed by atoms with E-state index in [1.165, 1.54) is 12.8 Å². The number of ether oxygens (including phenoxy) is 1. The van der Waals surface area contributed by atoms with Gasteiger partial charge in [-0.25, -0.2) is 0 Å². The minimum atomic E-state index is 0. The number of hydrogen-bond donors (Lipinski definition) is 1. The molecule has 0 bridgehead atoms. The summed E-state index contributed by atoms with van der Waals surface area (Å²) in [4.78, 5) is 16.9. The number of nitrogens with zero attached hydrogens (tertiary/aromatic N) is 2. The minimum absolute atomic E-state index is 0. The predicted molar refractivity (Wildman–Crippen MR) is 80.2 cm³/mol. The van der Waals surface area contributed by atoms with Crippen molar-refractivity contribution in [2.45, 2.75) is 12.8 Å². The SMILES string of the molecule is Cl.O=C(C1CNC1)N1CCCC(CN2CCOCC2)C1. The van der Waals surface area contributed by atoms with E-state index in [1.54, 1.807) is 0 Å². The molecule has 0 spiro atoms. The van der Waals surface area contributed by atoms with Gasteiger partial charge in [-0.15, -0.1) is 12.4 Å². The van der Waals surface area contributed by atoms with Crippen molar-refractivity contribution in [3.05, 3.63) is 0 Å². The Kier molecular flexibility index (Phi) is 6.08. The first kappa shape index (κ1) is 16.0. The first-order chi connectivity index (χ1) is 9.33. The summed E-state index contributed by atoms with van der Waals surface area (Å²) in [5.74, 6) is 1.29. The van der Waals surface area contributed by atoms with Crippen molar-refractivity contribution in [3.63, 3.8) is 0 Å². The molecule has 0 saturated carbocycles. The summed E-state index contributed by atoms with van der Waals surface area (Å²) in [6.45, 7) is 8.66. The summed E-state index contributed by atoms with van der Waals surface area (Å²) in [6.07, 6.45) is 2.44. The number of carbonyl (C=O) groups excluding carboxylic acids is 1. The fourth-order valence-electron chi connectivity index (χ4n) is 3.28. The van der Waals surface area contributed by atoms with Crippen LogP contribution in [0, 0.1) is 11.8 Å². The number of piperidine rings is 1. The predicted octanol–water partition coefficient (Wildman–Crippen LogP) is 0.198. The molecule has 3 aliphatic heterocycles. The Hall–Kier alpha value is -0.360. The standard InChI is InChI=1S/C14H25N3O2.ClH/c18-14(13-8-15-9-13)17-3-1-2-12(11-17)10-16-4-6-19-7-5-16;/h12-13,15H,1-11H2;1H. The third kappa shape index (κ3) is 3.85. The van der Waals surface area contributed by atoms with Gasteiger partial charge in [0.25, 0.3) is 0 Å². The van der Waals surface area contributed by atoms with Gasteiger partial charge in [-0.3, -0.25) is 9.69 Å². The number of halogens is 1. The van der Waals surface area contributed by atoms with E-state index in [1.807, 2.05) is 0 Å². The fourth-order valence-corrected chi connectivity index (χ4v) is 3.28. The molecule has 6 heteroatoms. The summed E-state index contributed by atoms with van der Waals surface area (Å²) in [5.41, 5.74) is 0. The quantitative estimate of drug-likeness (QED) is 0.809. The van der Waals surface area contributed by atoms with Gasteiger partial charge in [-0.2, -0.15) is 0 Å². The lowest BCUT2D eigenvalue weighted by Gasteiger charge is -2.39. The molecular formula is C14H26ClN3O2. The van der Waals surface area contributed by atoms with Gasteiger partial charge in [0, 0.05) is 45.8 Å². The molecule has 3 saturated heterocycles. The summed E-state index contributed by atoms with van der Waals surface area (Å²) >= 11 is 0. The zero-order valence-corrected chi connectivity index (χ0v) is 12.9. The Balaban J connectivity index is 0.00000147. The lowest BCUT2D eigenvalue weighted by molar-refractivity contribution is -0.139. The Morgan fingerprint density at radius 2 is 1.95 bits per heavy atom. The number of rotatable bonds is 3. The van der Waals surface area contributed by atoms with Crippen molar-refractivity contribution in [1.82, 2.24) is 15.1 Å². The van der Waals surface area contributed by atoms with Crippen LogP contribution in [-0.2, 0) is 9.53 Å². The number of likely N-dealkylation sites (tertiary alicyclic amines) is 1. The third-order valence-corrected chi connectivity index (χ3v) is 4.58. The fraction of sp³-hybridized carbons (Fsp3) is 0.929. The number of morpholine rings is 1. The molecule has 5 nitrogen and oxygen atoms in total. The van der Waals surface area contributed by atoms with Crippen LogP contribution in [0.2, 0.25) is 0 Å². The second-order valence-corrected chi connectivity index (χ2v) is 6.06. The number of carbonyl (C=O) groups is 1. The van der Waals surface area contributed by atoms with Gasteiger partial charge < -0.3 is 15.0 Å².